The van der Waals surface area contributed by atoms with Crippen LogP contribution < -0.4 is 5.73 Å². The van der Waals surface area contributed by atoms with Gasteiger partial charge in [-0.05, 0) is 24.6 Å². The first-order valence-corrected chi connectivity index (χ1v) is 6.77. The predicted molar refractivity (Wildman–Crippen MR) is 71.7 cm³/mol. The summed E-state index contributed by atoms with van der Waals surface area (Å²) in [5.74, 6) is 0. The second-order valence-electron chi connectivity index (χ2n) is 3.76. The molecule has 2 N–H and O–H groups in total. The molecule has 1 unspecified atom stereocenters. The average molecular weight is 297 g/mol. The molecule has 0 aliphatic carbocycles. The Balaban J connectivity index is 2.14. The van der Waals surface area contributed by atoms with Crippen molar-refractivity contribution in [3.8, 4) is 0 Å². The summed E-state index contributed by atoms with van der Waals surface area (Å²) in [6.45, 7) is 1.96. The fourth-order valence-electron chi connectivity index (χ4n) is 1.44. The maximum Gasteiger partial charge on any atom is 0.0972 e. The lowest BCUT2D eigenvalue weighted by atomic mass is 10.2. The molecule has 2 aromatic rings. The molecule has 0 saturated carbocycles. The monoisotopic (exact) mass is 296 g/mol. The zero-order valence-electron chi connectivity index (χ0n) is 8.98. The number of nitrogens with zero attached hydrogens (tertiary/aromatic N) is 1. The van der Waals surface area contributed by atoms with Crippen LogP contribution in [-0.2, 0) is 6.42 Å². The normalized spacial score (nSPS) is 12.7. The van der Waals surface area contributed by atoms with E-state index in [1.54, 1.807) is 11.3 Å². The van der Waals surface area contributed by atoms with E-state index in [1.807, 2.05) is 24.4 Å². The van der Waals surface area contributed by atoms with Crippen LogP contribution in [0.2, 0.25) is 0 Å². The number of halogens is 1. The standard InChI is InChI=1S/C12H13BrN2S/c1-8(14)11-7-16-12(15-11)6-9-3-2-4-10(13)5-9/h2-5,7-8H,6,14H2,1H3. The summed E-state index contributed by atoms with van der Waals surface area (Å²) >= 11 is 5.14. The van der Waals surface area contributed by atoms with E-state index in [0.717, 1.165) is 21.6 Å². The number of hydrogen-bond donors (Lipinski definition) is 1. The van der Waals surface area contributed by atoms with Gasteiger partial charge in [-0.2, -0.15) is 0 Å². The summed E-state index contributed by atoms with van der Waals surface area (Å²) in [5.41, 5.74) is 8.03. The van der Waals surface area contributed by atoms with Gasteiger partial charge in [-0.1, -0.05) is 28.1 Å². The molecule has 0 amide bonds. The highest BCUT2D eigenvalue weighted by molar-refractivity contribution is 9.10. The number of aromatic nitrogens is 1. The van der Waals surface area contributed by atoms with Crippen LogP contribution in [0.3, 0.4) is 0 Å². The molecule has 1 aromatic carbocycles. The number of thiazole rings is 1. The Hall–Kier alpha value is -0.710. The van der Waals surface area contributed by atoms with Crippen molar-refractivity contribution < 1.29 is 0 Å². The number of rotatable bonds is 3. The van der Waals surface area contributed by atoms with Crippen LogP contribution in [0.5, 0.6) is 0 Å². The summed E-state index contributed by atoms with van der Waals surface area (Å²) in [6.07, 6.45) is 0.872. The summed E-state index contributed by atoms with van der Waals surface area (Å²) < 4.78 is 1.11. The molecule has 1 atom stereocenters. The SMILES string of the molecule is CC(N)c1csc(Cc2cccc(Br)c2)n1. The van der Waals surface area contributed by atoms with E-state index in [-0.39, 0.29) is 6.04 Å². The fourth-order valence-corrected chi connectivity index (χ4v) is 2.82. The third kappa shape index (κ3) is 2.90. The van der Waals surface area contributed by atoms with Gasteiger partial charge in [0.15, 0.2) is 0 Å². The van der Waals surface area contributed by atoms with Crippen LogP contribution in [0.15, 0.2) is 34.1 Å². The highest BCUT2D eigenvalue weighted by Crippen LogP contribution is 2.19. The van der Waals surface area contributed by atoms with Crippen LogP contribution >= 0.6 is 27.3 Å². The second kappa shape index (κ2) is 5.08. The Morgan fingerprint density at radius 2 is 2.31 bits per heavy atom. The Kier molecular flexibility index (Phi) is 3.74. The largest absolute Gasteiger partial charge is 0.323 e. The van der Waals surface area contributed by atoms with Crippen LogP contribution in [-0.4, -0.2) is 4.98 Å². The van der Waals surface area contributed by atoms with Gasteiger partial charge in [0.05, 0.1) is 10.7 Å². The average Bonchev–Trinajstić information content (AvgIpc) is 2.66. The number of benzene rings is 1. The highest BCUT2D eigenvalue weighted by Gasteiger charge is 2.06. The van der Waals surface area contributed by atoms with Gasteiger partial charge in [-0.25, -0.2) is 4.98 Å². The quantitative estimate of drug-likeness (QED) is 0.941. The van der Waals surface area contributed by atoms with Crippen LogP contribution in [0, 0.1) is 0 Å². The Bertz CT molecular complexity index is 479. The lowest BCUT2D eigenvalue weighted by Crippen LogP contribution is -2.05. The molecule has 16 heavy (non-hydrogen) atoms. The van der Waals surface area contributed by atoms with Crippen molar-refractivity contribution in [2.45, 2.75) is 19.4 Å². The zero-order chi connectivity index (χ0) is 11.5. The molecule has 0 aliphatic rings. The van der Waals surface area contributed by atoms with Gasteiger partial charge in [0.2, 0.25) is 0 Å². The first kappa shape index (κ1) is 11.8. The smallest absolute Gasteiger partial charge is 0.0972 e. The molecule has 1 aromatic heterocycles. The minimum absolute atomic E-state index is 0.0208. The van der Waals surface area contributed by atoms with E-state index in [2.05, 4.69) is 33.0 Å². The fraction of sp³-hybridized carbons (Fsp3) is 0.250. The Morgan fingerprint density at radius 1 is 1.50 bits per heavy atom. The van der Waals surface area contributed by atoms with Gasteiger partial charge < -0.3 is 5.73 Å². The number of nitrogens with two attached hydrogens (primary N) is 1. The van der Waals surface area contributed by atoms with Crippen LogP contribution in [0.1, 0.15) is 29.2 Å². The van der Waals surface area contributed by atoms with E-state index >= 15 is 0 Å². The molecule has 4 heteroatoms. The summed E-state index contributed by atoms with van der Waals surface area (Å²) in [4.78, 5) is 4.51. The molecular weight excluding hydrogens is 284 g/mol. The first-order chi connectivity index (χ1) is 7.65. The highest BCUT2D eigenvalue weighted by atomic mass is 79.9. The first-order valence-electron chi connectivity index (χ1n) is 5.09. The third-order valence-corrected chi connectivity index (χ3v) is 3.64. The molecule has 0 bridgehead atoms. The van der Waals surface area contributed by atoms with Crippen LogP contribution in [0.25, 0.3) is 0 Å². The predicted octanol–water partition coefficient (Wildman–Crippen LogP) is 3.52. The molecule has 2 nitrogen and oxygen atoms in total. The topological polar surface area (TPSA) is 38.9 Å². The van der Waals surface area contributed by atoms with E-state index in [4.69, 9.17) is 5.73 Å². The Morgan fingerprint density at radius 3 is 2.94 bits per heavy atom. The van der Waals surface area contributed by atoms with Gasteiger partial charge >= 0.3 is 0 Å². The Labute approximate surface area is 108 Å². The summed E-state index contributed by atoms with van der Waals surface area (Å²) in [5, 5.41) is 3.16. The van der Waals surface area contributed by atoms with Gasteiger partial charge in [0.25, 0.3) is 0 Å². The summed E-state index contributed by atoms with van der Waals surface area (Å²) in [7, 11) is 0. The maximum absolute atomic E-state index is 5.78. The van der Waals surface area contributed by atoms with Gasteiger partial charge in [0, 0.05) is 22.3 Å². The van der Waals surface area contributed by atoms with E-state index in [9.17, 15) is 0 Å². The molecule has 2 rings (SSSR count). The molecule has 0 radical (unpaired) electrons. The van der Waals surface area contributed by atoms with E-state index in [0.29, 0.717) is 0 Å². The van der Waals surface area contributed by atoms with Crippen molar-refractivity contribution in [1.29, 1.82) is 0 Å². The third-order valence-electron chi connectivity index (χ3n) is 2.28. The molecule has 0 spiro atoms. The molecule has 1 heterocycles. The number of hydrogen-bond acceptors (Lipinski definition) is 3. The molecule has 0 fully saturated rings. The zero-order valence-corrected chi connectivity index (χ0v) is 11.4. The molecular formula is C12H13BrN2S. The van der Waals surface area contributed by atoms with Crippen molar-refractivity contribution in [2.24, 2.45) is 5.73 Å². The van der Waals surface area contributed by atoms with Crippen molar-refractivity contribution in [3.05, 3.63) is 50.4 Å². The minimum Gasteiger partial charge on any atom is -0.323 e. The van der Waals surface area contributed by atoms with Crippen molar-refractivity contribution in [3.63, 3.8) is 0 Å². The van der Waals surface area contributed by atoms with E-state index in [1.165, 1.54) is 5.56 Å². The lowest BCUT2D eigenvalue weighted by Gasteiger charge is -2.00. The molecule has 0 saturated heterocycles. The minimum atomic E-state index is 0.0208. The maximum atomic E-state index is 5.78. The van der Waals surface area contributed by atoms with Gasteiger partial charge in [-0.15, -0.1) is 11.3 Å². The van der Waals surface area contributed by atoms with Crippen molar-refractivity contribution in [1.82, 2.24) is 4.98 Å². The van der Waals surface area contributed by atoms with Gasteiger partial charge in [0.1, 0.15) is 0 Å². The van der Waals surface area contributed by atoms with E-state index < -0.39 is 0 Å². The van der Waals surface area contributed by atoms with Crippen LogP contribution in [0.4, 0.5) is 0 Å². The summed E-state index contributed by atoms with van der Waals surface area (Å²) in [6, 6.07) is 8.32. The van der Waals surface area contributed by atoms with Crippen molar-refractivity contribution in [2.75, 3.05) is 0 Å². The molecule has 0 aliphatic heterocycles. The van der Waals surface area contributed by atoms with Gasteiger partial charge in [-0.3, -0.25) is 0 Å². The molecule has 84 valence electrons. The lowest BCUT2D eigenvalue weighted by molar-refractivity contribution is 0.784. The second-order valence-corrected chi connectivity index (χ2v) is 5.62. The van der Waals surface area contributed by atoms with Crippen molar-refractivity contribution >= 4 is 27.3 Å².